The predicted molar refractivity (Wildman–Crippen MR) is 366 cm³/mol. The maximum Gasteiger partial charge on any atom is 0.179 e. The lowest BCUT2D eigenvalue weighted by Gasteiger charge is -2.35. The maximum absolute atomic E-state index is 7.22. The molecule has 17 rings (SSSR count). The Morgan fingerprint density at radius 2 is 0.442 bits per heavy atom. The Morgan fingerprint density at radius 3 is 0.744 bits per heavy atom. The van der Waals surface area contributed by atoms with Crippen molar-refractivity contribution in [1.29, 1.82) is 0 Å². The zero-order chi connectivity index (χ0) is 56.8. The SMILES string of the molecule is c1ccc([Si](c2ccccc2)(c2ccccc2)c2ccc3c(c2)Oc2ccc(-c4c5ccccc5c(-c5ccc6c7c(cccc57)-c5ccc([Si](c7ccccc7)(c7ccccc7)c7ccccc7)cc5O6)c5ccccc45)c4cccc-3c24)cc1. The smallest absolute Gasteiger partial charge is 0.179 e. The van der Waals surface area contributed by atoms with E-state index in [9.17, 15) is 0 Å². The summed E-state index contributed by atoms with van der Waals surface area (Å²) < 4.78 is 14.4. The van der Waals surface area contributed by atoms with Gasteiger partial charge in [-0.15, -0.1) is 0 Å². The zero-order valence-corrected chi connectivity index (χ0v) is 49.0. The first kappa shape index (κ1) is 49.9. The van der Waals surface area contributed by atoms with Gasteiger partial charge in [-0.1, -0.05) is 291 Å². The fourth-order valence-electron chi connectivity index (χ4n) is 15.0. The largest absolute Gasteiger partial charge is 0.456 e. The summed E-state index contributed by atoms with van der Waals surface area (Å²) in [5.74, 6) is 3.50. The van der Waals surface area contributed by atoms with Crippen LogP contribution < -0.4 is 51.0 Å². The van der Waals surface area contributed by atoms with Gasteiger partial charge in [0, 0.05) is 21.9 Å². The van der Waals surface area contributed by atoms with Crippen LogP contribution in [0.1, 0.15) is 0 Å². The molecule has 0 amide bonds. The summed E-state index contributed by atoms with van der Waals surface area (Å²) in [6.45, 7) is 0. The normalized spacial score (nSPS) is 12.4. The van der Waals surface area contributed by atoms with E-state index >= 15 is 0 Å². The third-order valence-electron chi connectivity index (χ3n) is 18.6. The summed E-state index contributed by atoms with van der Waals surface area (Å²) in [6.07, 6.45) is 0. The molecule has 0 spiro atoms. The van der Waals surface area contributed by atoms with Crippen LogP contribution in [-0.4, -0.2) is 16.1 Å². The average Bonchev–Trinajstić information content (AvgIpc) is 1.35. The highest BCUT2D eigenvalue weighted by Gasteiger charge is 2.44. The second kappa shape index (κ2) is 20.0. The molecule has 15 aromatic carbocycles. The van der Waals surface area contributed by atoms with Crippen molar-refractivity contribution in [3.8, 4) is 67.5 Å². The molecular weight excluding hydrogens is 1070 g/mol. The number of hydrogen-bond acceptors (Lipinski definition) is 2. The Hall–Kier alpha value is -10.6. The lowest BCUT2D eigenvalue weighted by Crippen LogP contribution is -2.74. The molecule has 0 aromatic heterocycles. The number of ether oxygens (including phenoxy) is 2. The van der Waals surface area contributed by atoms with Gasteiger partial charge in [0.05, 0.1) is 0 Å². The highest BCUT2D eigenvalue weighted by molar-refractivity contribution is 7.20. The average molecular weight is 1130 g/mol. The van der Waals surface area contributed by atoms with Crippen molar-refractivity contribution in [2.24, 2.45) is 0 Å². The van der Waals surface area contributed by atoms with Crippen LogP contribution >= 0.6 is 0 Å². The summed E-state index contributed by atoms with van der Waals surface area (Å²) in [4.78, 5) is 0. The highest BCUT2D eigenvalue weighted by atomic mass is 28.3. The van der Waals surface area contributed by atoms with E-state index in [0.717, 1.165) is 55.7 Å². The Balaban J connectivity index is 0.811. The van der Waals surface area contributed by atoms with Gasteiger partial charge >= 0.3 is 0 Å². The van der Waals surface area contributed by atoms with Gasteiger partial charge in [0.2, 0.25) is 0 Å². The first-order chi connectivity index (χ1) is 42.7. The molecule has 0 saturated carbocycles. The van der Waals surface area contributed by atoms with Crippen LogP contribution in [0.15, 0.2) is 328 Å². The molecule has 2 nitrogen and oxygen atoms in total. The third kappa shape index (κ3) is 7.43. The summed E-state index contributed by atoms with van der Waals surface area (Å²) in [6, 6.07) is 121. The van der Waals surface area contributed by atoms with E-state index in [4.69, 9.17) is 9.47 Å². The molecule has 0 radical (unpaired) electrons. The fourth-order valence-corrected chi connectivity index (χ4v) is 24.5. The molecule has 0 N–H and O–H groups in total. The number of rotatable bonds is 10. The molecule has 0 fully saturated rings. The second-order valence-electron chi connectivity index (χ2n) is 22.8. The lowest BCUT2D eigenvalue weighted by atomic mass is 9.82. The van der Waals surface area contributed by atoms with E-state index in [1.165, 1.54) is 96.4 Å². The first-order valence-electron chi connectivity index (χ1n) is 29.7. The van der Waals surface area contributed by atoms with Crippen LogP contribution in [0.4, 0.5) is 0 Å². The Labute approximate surface area is 502 Å². The standard InChI is InChI=1S/C82H54O2Si2/c1-7-25-55(26-8-1)85(56-27-9-2-10-28-56,57-29-11-3-12-30-57)61-45-47-63-65-41-23-43-71-73(49-51-75(81(65)71)83-77(63)53-61)79-67-37-19-21-39-69(67)80(70-40-22-20-38-68(70)79)74-50-52-76-82-66(42-24-44-72(74)82)64-48-46-62(54-78(64)84-76)86(58-31-13-4-14-32-58,59-33-15-5-16-34-59)60-35-17-6-18-36-60/h1-54H. The van der Waals surface area contributed by atoms with Crippen molar-refractivity contribution in [2.75, 3.05) is 0 Å². The van der Waals surface area contributed by atoms with Crippen molar-refractivity contribution in [1.82, 2.24) is 0 Å². The van der Waals surface area contributed by atoms with Crippen LogP contribution in [0.2, 0.25) is 0 Å². The molecular formula is C82H54O2Si2. The number of hydrogen-bond donors (Lipinski definition) is 0. The van der Waals surface area contributed by atoms with Crippen LogP contribution in [0, 0.1) is 0 Å². The van der Waals surface area contributed by atoms with Gasteiger partial charge in [-0.25, -0.2) is 0 Å². The van der Waals surface area contributed by atoms with E-state index in [-0.39, 0.29) is 0 Å². The molecule has 402 valence electrons. The highest BCUT2D eigenvalue weighted by Crippen LogP contribution is 2.54. The van der Waals surface area contributed by atoms with Crippen LogP contribution in [0.5, 0.6) is 23.0 Å². The molecule has 0 aliphatic carbocycles. The van der Waals surface area contributed by atoms with Crippen molar-refractivity contribution < 1.29 is 9.47 Å². The van der Waals surface area contributed by atoms with E-state index < -0.39 is 16.1 Å². The summed E-state index contributed by atoms with van der Waals surface area (Å²) in [5, 5.41) is 19.9. The van der Waals surface area contributed by atoms with Crippen LogP contribution in [-0.2, 0) is 0 Å². The summed E-state index contributed by atoms with van der Waals surface area (Å²) >= 11 is 0. The molecule has 0 saturated heterocycles. The molecule has 0 unspecified atom stereocenters. The molecule has 2 aliphatic heterocycles. The van der Waals surface area contributed by atoms with E-state index in [1.54, 1.807) is 0 Å². The molecule has 0 bridgehead atoms. The summed E-state index contributed by atoms with van der Waals surface area (Å²) in [7, 11) is -5.61. The van der Waals surface area contributed by atoms with Crippen molar-refractivity contribution in [3.05, 3.63) is 328 Å². The Kier molecular flexibility index (Phi) is 11.6. The quantitative estimate of drug-likeness (QED) is 0.0772. The molecule has 15 aromatic rings. The zero-order valence-electron chi connectivity index (χ0n) is 47.0. The minimum atomic E-state index is -2.81. The molecule has 86 heavy (non-hydrogen) atoms. The molecule has 0 atom stereocenters. The predicted octanol–water partition coefficient (Wildman–Crippen LogP) is 15.9. The van der Waals surface area contributed by atoms with Gasteiger partial charge in [0.15, 0.2) is 16.1 Å². The minimum absolute atomic E-state index is 0.870. The van der Waals surface area contributed by atoms with Gasteiger partial charge in [-0.3, -0.25) is 0 Å². The lowest BCUT2D eigenvalue weighted by molar-refractivity contribution is 0.487. The van der Waals surface area contributed by atoms with Crippen molar-refractivity contribution in [3.63, 3.8) is 0 Å². The first-order valence-corrected chi connectivity index (χ1v) is 33.7. The van der Waals surface area contributed by atoms with E-state index in [2.05, 4.69) is 328 Å². The van der Waals surface area contributed by atoms with Gasteiger partial charge in [-0.05, 0) is 144 Å². The van der Waals surface area contributed by atoms with Gasteiger partial charge < -0.3 is 9.47 Å². The van der Waals surface area contributed by atoms with Gasteiger partial charge in [-0.2, -0.15) is 0 Å². The topological polar surface area (TPSA) is 18.5 Å². The van der Waals surface area contributed by atoms with Crippen LogP contribution in [0.25, 0.3) is 87.6 Å². The van der Waals surface area contributed by atoms with Gasteiger partial charge in [0.1, 0.15) is 23.0 Å². The second-order valence-corrected chi connectivity index (χ2v) is 30.5. The number of fused-ring (bicyclic) bond motifs is 6. The monoisotopic (exact) mass is 1130 g/mol. The third-order valence-corrected chi connectivity index (χ3v) is 28.1. The molecule has 2 heterocycles. The Morgan fingerprint density at radius 1 is 0.174 bits per heavy atom. The van der Waals surface area contributed by atoms with Crippen molar-refractivity contribution in [2.45, 2.75) is 0 Å². The maximum atomic E-state index is 7.22. The van der Waals surface area contributed by atoms with Crippen LogP contribution in [0.3, 0.4) is 0 Å². The van der Waals surface area contributed by atoms with Crippen molar-refractivity contribution >= 4 is 101 Å². The summed E-state index contributed by atoms with van der Waals surface area (Å²) in [5.41, 5.74) is 9.34. The fraction of sp³-hybridized carbons (Fsp3) is 0. The molecule has 4 heteroatoms. The number of benzene rings is 15. The van der Waals surface area contributed by atoms with E-state index in [1.807, 2.05) is 0 Å². The van der Waals surface area contributed by atoms with E-state index in [0.29, 0.717) is 0 Å². The molecule has 2 aliphatic rings. The Bertz CT molecular complexity index is 4570. The minimum Gasteiger partial charge on any atom is -0.456 e. The van der Waals surface area contributed by atoms with Gasteiger partial charge in [0.25, 0.3) is 0 Å².